The number of aromatic nitrogens is 5. The number of hydrogen-bond donors (Lipinski definition) is 1. The van der Waals surface area contributed by atoms with E-state index in [0.29, 0.717) is 4.77 Å². The second kappa shape index (κ2) is 7.12. The summed E-state index contributed by atoms with van der Waals surface area (Å²) in [7, 11) is 0. The van der Waals surface area contributed by atoms with Gasteiger partial charge in [-0.1, -0.05) is 30.3 Å². The second-order valence-corrected chi connectivity index (χ2v) is 6.29. The van der Waals surface area contributed by atoms with Crippen molar-refractivity contribution in [2.45, 2.75) is 25.5 Å². The summed E-state index contributed by atoms with van der Waals surface area (Å²) in [5.41, 5.74) is 2.10. The number of H-pyrrole nitrogens is 1. The maximum Gasteiger partial charge on any atom is 0.216 e. The Kier molecular flexibility index (Phi) is 4.53. The maximum atomic E-state index is 5.68. The van der Waals surface area contributed by atoms with Crippen LogP contribution in [0, 0.1) is 4.77 Å². The van der Waals surface area contributed by atoms with E-state index in [-0.39, 0.29) is 6.10 Å². The summed E-state index contributed by atoms with van der Waals surface area (Å²) in [6.45, 7) is 1.47. The molecule has 1 saturated heterocycles. The van der Waals surface area contributed by atoms with Crippen LogP contribution < -0.4 is 0 Å². The van der Waals surface area contributed by atoms with Gasteiger partial charge in [-0.25, -0.2) is 0 Å². The topological polar surface area (TPSA) is 73.0 Å². The van der Waals surface area contributed by atoms with Crippen LogP contribution in [-0.2, 0) is 11.3 Å². The van der Waals surface area contributed by atoms with E-state index in [1.54, 1.807) is 17.1 Å². The molecule has 1 aliphatic rings. The van der Waals surface area contributed by atoms with Crippen LogP contribution in [-0.4, -0.2) is 37.5 Å². The van der Waals surface area contributed by atoms with E-state index >= 15 is 0 Å². The fraction of sp³-hybridized carbons (Fsp3) is 0.294. The number of nitrogens with zero attached hydrogens (tertiary/aromatic N) is 5. The number of ether oxygens (including phenoxy) is 1. The van der Waals surface area contributed by atoms with Crippen molar-refractivity contribution in [2.24, 2.45) is 5.10 Å². The third-order valence-electron chi connectivity index (χ3n) is 4.06. The number of benzene rings is 1. The summed E-state index contributed by atoms with van der Waals surface area (Å²) in [5.74, 6) is 0.718. The third kappa shape index (κ3) is 3.59. The first kappa shape index (κ1) is 15.9. The lowest BCUT2D eigenvalue weighted by Gasteiger charge is -2.06. The second-order valence-electron chi connectivity index (χ2n) is 5.90. The normalized spacial score (nSPS) is 17.5. The Bertz CT molecular complexity index is 920. The Balaban J connectivity index is 1.51. The summed E-state index contributed by atoms with van der Waals surface area (Å²) in [6.07, 6.45) is 7.38. The zero-order chi connectivity index (χ0) is 17.1. The molecule has 1 N–H and O–H groups in total. The molecular weight excluding hydrogens is 336 g/mol. The fourth-order valence-corrected chi connectivity index (χ4v) is 3.02. The highest BCUT2D eigenvalue weighted by Crippen LogP contribution is 2.26. The molecule has 0 unspecified atom stereocenters. The Labute approximate surface area is 150 Å². The van der Waals surface area contributed by atoms with Crippen LogP contribution in [0.5, 0.6) is 0 Å². The van der Waals surface area contributed by atoms with Crippen molar-refractivity contribution < 1.29 is 4.74 Å². The van der Waals surface area contributed by atoms with Crippen molar-refractivity contribution in [1.29, 1.82) is 0 Å². The SMILES string of the molecule is S=c1[nH]nc([C@@H]2CCCO2)n1/N=C\c1cnn(Cc2ccccc2)c1. The molecule has 0 amide bonds. The van der Waals surface area contributed by atoms with E-state index in [9.17, 15) is 0 Å². The van der Waals surface area contributed by atoms with E-state index in [1.165, 1.54) is 5.56 Å². The molecule has 25 heavy (non-hydrogen) atoms. The predicted molar refractivity (Wildman–Crippen MR) is 96.1 cm³/mol. The summed E-state index contributed by atoms with van der Waals surface area (Å²) < 4.78 is 9.64. The molecule has 0 saturated carbocycles. The molecular formula is C17H18N6OS. The Hall–Kier alpha value is -2.58. The summed E-state index contributed by atoms with van der Waals surface area (Å²) in [5, 5.41) is 15.9. The Morgan fingerprint density at radius 3 is 3.04 bits per heavy atom. The number of rotatable bonds is 5. The van der Waals surface area contributed by atoms with Gasteiger partial charge in [0.2, 0.25) is 4.77 Å². The molecule has 128 valence electrons. The smallest absolute Gasteiger partial charge is 0.216 e. The molecule has 3 heterocycles. The molecule has 1 atom stereocenters. The van der Waals surface area contributed by atoms with Crippen LogP contribution in [0.1, 0.15) is 35.9 Å². The van der Waals surface area contributed by atoms with Gasteiger partial charge in [0.05, 0.1) is 19.0 Å². The van der Waals surface area contributed by atoms with Crippen molar-refractivity contribution in [3.63, 3.8) is 0 Å². The molecule has 1 aliphatic heterocycles. The van der Waals surface area contributed by atoms with Crippen LogP contribution in [0.4, 0.5) is 0 Å². The first-order valence-electron chi connectivity index (χ1n) is 8.19. The fourth-order valence-electron chi connectivity index (χ4n) is 2.83. The van der Waals surface area contributed by atoms with Gasteiger partial charge in [-0.3, -0.25) is 9.78 Å². The molecule has 2 aromatic heterocycles. The Morgan fingerprint density at radius 1 is 1.36 bits per heavy atom. The molecule has 0 radical (unpaired) electrons. The number of hydrogen-bond acceptors (Lipinski definition) is 5. The van der Waals surface area contributed by atoms with E-state index < -0.39 is 0 Å². The van der Waals surface area contributed by atoms with Gasteiger partial charge in [0, 0.05) is 18.4 Å². The quantitative estimate of drug-likeness (QED) is 0.565. The minimum Gasteiger partial charge on any atom is -0.370 e. The zero-order valence-electron chi connectivity index (χ0n) is 13.6. The lowest BCUT2D eigenvalue weighted by molar-refractivity contribution is 0.102. The van der Waals surface area contributed by atoms with Gasteiger partial charge in [0.1, 0.15) is 6.10 Å². The number of aromatic amines is 1. The van der Waals surface area contributed by atoms with Gasteiger partial charge in [-0.15, -0.1) is 0 Å². The highest BCUT2D eigenvalue weighted by atomic mass is 32.1. The van der Waals surface area contributed by atoms with Crippen LogP contribution in [0.15, 0.2) is 47.8 Å². The van der Waals surface area contributed by atoms with E-state index in [4.69, 9.17) is 17.0 Å². The molecule has 0 bridgehead atoms. The molecule has 0 aliphatic carbocycles. The van der Waals surface area contributed by atoms with Crippen molar-refractivity contribution in [3.05, 3.63) is 64.4 Å². The van der Waals surface area contributed by atoms with Gasteiger partial charge in [-0.05, 0) is 30.6 Å². The molecule has 4 rings (SSSR count). The largest absolute Gasteiger partial charge is 0.370 e. The van der Waals surface area contributed by atoms with E-state index in [0.717, 1.165) is 37.4 Å². The minimum atomic E-state index is -0.0501. The van der Waals surface area contributed by atoms with Gasteiger partial charge < -0.3 is 4.74 Å². The summed E-state index contributed by atoms with van der Waals surface area (Å²) in [4.78, 5) is 0. The highest BCUT2D eigenvalue weighted by molar-refractivity contribution is 7.71. The van der Waals surface area contributed by atoms with Crippen molar-refractivity contribution in [1.82, 2.24) is 24.7 Å². The summed E-state index contributed by atoms with van der Waals surface area (Å²) >= 11 is 5.27. The van der Waals surface area contributed by atoms with Crippen LogP contribution in [0.25, 0.3) is 0 Å². The molecule has 1 fully saturated rings. The van der Waals surface area contributed by atoms with Crippen LogP contribution >= 0.6 is 12.2 Å². The van der Waals surface area contributed by atoms with Crippen LogP contribution in [0.2, 0.25) is 0 Å². The number of nitrogens with one attached hydrogen (secondary N) is 1. The minimum absolute atomic E-state index is 0.0501. The van der Waals surface area contributed by atoms with Crippen molar-refractivity contribution >= 4 is 18.4 Å². The van der Waals surface area contributed by atoms with Gasteiger partial charge in [-0.2, -0.15) is 20.0 Å². The van der Waals surface area contributed by atoms with Gasteiger partial charge >= 0.3 is 0 Å². The lowest BCUT2D eigenvalue weighted by Crippen LogP contribution is -2.05. The first-order chi connectivity index (χ1) is 12.3. The maximum absolute atomic E-state index is 5.68. The average molecular weight is 354 g/mol. The highest BCUT2D eigenvalue weighted by Gasteiger charge is 2.23. The zero-order valence-corrected chi connectivity index (χ0v) is 14.4. The lowest BCUT2D eigenvalue weighted by atomic mass is 10.2. The van der Waals surface area contributed by atoms with E-state index in [1.807, 2.05) is 29.1 Å². The molecule has 7 nitrogen and oxygen atoms in total. The third-order valence-corrected chi connectivity index (χ3v) is 4.32. The standard InChI is InChI=1S/C17H18N6OS/c25-17-21-20-16(15-7-4-8-24-15)23(17)19-10-14-9-18-22(12-14)11-13-5-2-1-3-6-13/h1-3,5-6,9-10,12,15H,4,7-8,11H2,(H,21,25)/b19-10-/t15-/m0/s1. The molecule has 8 heteroatoms. The van der Waals surface area contributed by atoms with Gasteiger partial charge in [0.15, 0.2) is 5.82 Å². The molecule has 0 spiro atoms. The van der Waals surface area contributed by atoms with Crippen LogP contribution in [0.3, 0.4) is 0 Å². The summed E-state index contributed by atoms with van der Waals surface area (Å²) in [6, 6.07) is 10.2. The average Bonchev–Trinajstić information content (AvgIpc) is 3.35. The van der Waals surface area contributed by atoms with Crippen molar-refractivity contribution in [3.8, 4) is 0 Å². The predicted octanol–water partition coefficient (Wildman–Crippen LogP) is 2.92. The van der Waals surface area contributed by atoms with Crippen molar-refractivity contribution in [2.75, 3.05) is 6.61 Å². The first-order valence-corrected chi connectivity index (χ1v) is 8.60. The monoisotopic (exact) mass is 354 g/mol. The van der Waals surface area contributed by atoms with Gasteiger partial charge in [0.25, 0.3) is 0 Å². The molecule has 1 aromatic carbocycles. The van der Waals surface area contributed by atoms with E-state index in [2.05, 4.69) is 32.5 Å². The Morgan fingerprint density at radius 2 is 2.24 bits per heavy atom. The molecule has 3 aromatic rings.